The van der Waals surface area contributed by atoms with Crippen LogP contribution in [0.1, 0.15) is 35.1 Å². The highest BCUT2D eigenvalue weighted by Gasteiger charge is 2.16. The second-order valence-corrected chi connectivity index (χ2v) is 5.85. The van der Waals surface area contributed by atoms with Crippen molar-refractivity contribution in [1.82, 2.24) is 4.98 Å². The Kier molecular flexibility index (Phi) is 4.22. The van der Waals surface area contributed by atoms with E-state index in [1.54, 1.807) is 13.1 Å². The molecule has 19 heavy (non-hydrogen) atoms. The van der Waals surface area contributed by atoms with Crippen LogP contribution in [0.15, 0.2) is 30.5 Å². The lowest BCUT2D eigenvalue weighted by molar-refractivity contribution is 0.102. The van der Waals surface area contributed by atoms with Gasteiger partial charge in [-0.3, -0.25) is 4.79 Å². The van der Waals surface area contributed by atoms with Crippen molar-refractivity contribution in [1.29, 1.82) is 0 Å². The van der Waals surface area contributed by atoms with E-state index in [0.717, 1.165) is 15.7 Å². The molecular formula is C14H15ClN2OS. The predicted molar refractivity (Wildman–Crippen MR) is 80.4 cm³/mol. The van der Waals surface area contributed by atoms with E-state index >= 15 is 0 Å². The fourth-order valence-electron chi connectivity index (χ4n) is 1.72. The number of halogens is 1. The molecule has 100 valence electrons. The van der Waals surface area contributed by atoms with Gasteiger partial charge in [-0.25, -0.2) is 4.98 Å². The number of ketones is 1. The minimum Gasteiger partial charge on any atom is -0.344 e. The number of hydrogen-bond donors (Lipinski definition) is 0. The summed E-state index contributed by atoms with van der Waals surface area (Å²) < 4.78 is 0. The zero-order chi connectivity index (χ0) is 14.0. The Morgan fingerprint density at radius 3 is 2.53 bits per heavy atom. The van der Waals surface area contributed by atoms with Gasteiger partial charge in [-0.1, -0.05) is 35.1 Å². The quantitative estimate of drug-likeness (QED) is 0.793. The van der Waals surface area contributed by atoms with Gasteiger partial charge in [0.1, 0.15) is 0 Å². The highest BCUT2D eigenvalue weighted by Crippen LogP contribution is 2.29. The first-order valence-electron chi connectivity index (χ1n) is 5.94. The van der Waals surface area contributed by atoms with E-state index in [1.165, 1.54) is 11.3 Å². The number of aromatic nitrogens is 1. The molecule has 0 amide bonds. The SMILES string of the molecule is CC(=O)c1cnc(N(C)C(C)c2ccc(Cl)cc2)s1. The predicted octanol–water partition coefficient (Wildman–Crippen LogP) is 4.20. The van der Waals surface area contributed by atoms with Crippen molar-refractivity contribution < 1.29 is 4.79 Å². The Bertz CT molecular complexity index is 579. The molecule has 5 heteroatoms. The molecule has 0 aliphatic heterocycles. The van der Waals surface area contributed by atoms with Crippen LogP contribution >= 0.6 is 22.9 Å². The minimum absolute atomic E-state index is 0.0521. The van der Waals surface area contributed by atoms with Crippen molar-refractivity contribution in [2.45, 2.75) is 19.9 Å². The minimum atomic E-state index is 0.0521. The summed E-state index contributed by atoms with van der Waals surface area (Å²) in [6.07, 6.45) is 1.63. The first-order valence-corrected chi connectivity index (χ1v) is 7.13. The summed E-state index contributed by atoms with van der Waals surface area (Å²) >= 11 is 7.30. The van der Waals surface area contributed by atoms with Crippen LogP contribution in [0, 0.1) is 0 Å². The van der Waals surface area contributed by atoms with E-state index in [1.807, 2.05) is 31.3 Å². The van der Waals surface area contributed by atoms with Gasteiger partial charge in [0.05, 0.1) is 17.1 Å². The first kappa shape index (κ1) is 14.0. The number of anilines is 1. The molecule has 0 spiro atoms. The monoisotopic (exact) mass is 294 g/mol. The van der Waals surface area contributed by atoms with Crippen molar-refractivity contribution in [2.75, 3.05) is 11.9 Å². The zero-order valence-electron chi connectivity index (χ0n) is 11.1. The van der Waals surface area contributed by atoms with Gasteiger partial charge in [0, 0.05) is 19.0 Å². The van der Waals surface area contributed by atoms with E-state index in [0.29, 0.717) is 4.88 Å². The number of Topliss-reactive ketones (excluding diaryl/α,β-unsaturated/α-hetero) is 1. The van der Waals surface area contributed by atoms with E-state index in [4.69, 9.17) is 11.6 Å². The number of carbonyl (C=O) groups is 1. The Morgan fingerprint density at radius 2 is 2.00 bits per heavy atom. The van der Waals surface area contributed by atoms with Crippen molar-refractivity contribution >= 4 is 33.9 Å². The first-order chi connectivity index (χ1) is 8.99. The fraction of sp³-hybridized carbons (Fsp3) is 0.286. The number of carbonyl (C=O) groups excluding carboxylic acids is 1. The lowest BCUT2D eigenvalue weighted by Gasteiger charge is -2.24. The molecule has 0 fully saturated rings. The van der Waals surface area contributed by atoms with Gasteiger partial charge in [0.15, 0.2) is 10.9 Å². The van der Waals surface area contributed by atoms with E-state index in [9.17, 15) is 4.79 Å². The number of benzene rings is 1. The van der Waals surface area contributed by atoms with Crippen molar-refractivity contribution in [2.24, 2.45) is 0 Å². The largest absolute Gasteiger partial charge is 0.344 e. The normalized spacial score (nSPS) is 12.2. The topological polar surface area (TPSA) is 33.2 Å². The summed E-state index contributed by atoms with van der Waals surface area (Å²) in [6, 6.07) is 7.93. The molecule has 2 rings (SSSR count). The summed E-state index contributed by atoms with van der Waals surface area (Å²) in [4.78, 5) is 18.3. The molecule has 1 aromatic heterocycles. The number of rotatable bonds is 4. The average Bonchev–Trinajstić information content (AvgIpc) is 2.87. The van der Waals surface area contributed by atoms with Crippen LogP contribution in [0.25, 0.3) is 0 Å². The fourth-order valence-corrected chi connectivity index (χ4v) is 2.70. The molecule has 2 aromatic rings. The number of hydrogen-bond acceptors (Lipinski definition) is 4. The molecule has 0 N–H and O–H groups in total. The summed E-state index contributed by atoms with van der Waals surface area (Å²) in [5.41, 5.74) is 1.16. The van der Waals surface area contributed by atoms with Crippen LogP contribution in [0.2, 0.25) is 5.02 Å². The molecule has 0 radical (unpaired) electrons. The van der Waals surface area contributed by atoms with Crippen LogP contribution in [0.4, 0.5) is 5.13 Å². The molecule has 3 nitrogen and oxygen atoms in total. The Hall–Kier alpha value is -1.39. The van der Waals surface area contributed by atoms with Crippen LogP contribution in [0.3, 0.4) is 0 Å². The third-order valence-corrected chi connectivity index (χ3v) is 4.52. The van der Waals surface area contributed by atoms with Gasteiger partial charge in [0.25, 0.3) is 0 Å². The lowest BCUT2D eigenvalue weighted by Crippen LogP contribution is -2.21. The number of nitrogens with zero attached hydrogens (tertiary/aromatic N) is 2. The number of thiazole rings is 1. The second kappa shape index (κ2) is 5.72. The maximum Gasteiger partial charge on any atom is 0.186 e. The smallest absolute Gasteiger partial charge is 0.186 e. The van der Waals surface area contributed by atoms with Gasteiger partial charge >= 0.3 is 0 Å². The van der Waals surface area contributed by atoms with Crippen LogP contribution in [0.5, 0.6) is 0 Å². The lowest BCUT2D eigenvalue weighted by atomic mass is 10.1. The third-order valence-electron chi connectivity index (χ3n) is 3.08. The molecular weight excluding hydrogens is 280 g/mol. The standard InChI is InChI=1S/C14H15ClN2OS/c1-9(11-4-6-12(15)7-5-11)17(3)14-16-8-13(19-14)10(2)18/h4-9H,1-3H3. The van der Waals surface area contributed by atoms with Crippen molar-refractivity contribution in [3.8, 4) is 0 Å². The van der Waals surface area contributed by atoms with Gasteiger partial charge in [-0.05, 0) is 24.6 Å². The Balaban J connectivity index is 2.20. The highest BCUT2D eigenvalue weighted by atomic mass is 35.5. The van der Waals surface area contributed by atoms with Crippen LogP contribution < -0.4 is 4.90 Å². The van der Waals surface area contributed by atoms with Gasteiger partial charge in [0.2, 0.25) is 0 Å². The van der Waals surface area contributed by atoms with Crippen LogP contribution in [-0.2, 0) is 0 Å². The molecule has 0 saturated carbocycles. The van der Waals surface area contributed by atoms with Gasteiger partial charge in [-0.2, -0.15) is 0 Å². The van der Waals surface area contributed by atoms with E-state index < -0.39 is 0 Å². The molecule has 1 aromatic carbocycles. The molecule has 1 unspecified atom stereocenters. The molecule has 0 bridgehead atoms. The molecule has 0 aliphatic rings. The summed E-state index contributed by atoms with van der Waals surface area (Å²) in [7, 11) is 1.97. The Morgan fingerprint density at radius 1 is 1.37 bits per heavy atom. The van der Waals surface area contributed by atoms with Gasteiger partial charge < -0.3 is 4.90 Å². The zero-order valence-corrected chi connectivity index (χ0v) is 12.6. The average molecular weight is 295 g/mol. The Labute approximate surface area is 121 Å². The maximum absolute atomic E-state index is 11.3. The third kappa shape index (κ3) is 3.14. The molecule has 0 aliphatic carbocycles. The van der Waals surface area contributed by atoms with Gasteiger partial charge in [-0.15, -0.1) is 0 Å². The highest BCUT2D eigenvalue weighted by molar-refractivity contribution is 7.17. The van der Waals surface area contributed by atoms with E-state index in [-0.39, 0.29) is 11.8 Å². The summed E-state index contributed by atoms with van der Waals surface area (Å²) in [6.45, 7) is 3.65. The van der Waals surface area contributed by atoms with Crippen molar-refractivity contribution in [3.63, 3.8) is 0 Å². The van der Waals surface area contributed by atoms with Crippen molar-refractivity contribution in [3.05, 3.63) is 45.9 Å². The molecule has 1 heterocycles. The second-order valence-electron chi connectivity index (χ2n) is 4.40. The maximum atomic E-state index is 11.3. The molecule has 0 saturated heterocycles. The van der Waals surface area contributed by atoms with Crippen LogP contribution in [-0.4, -0.2) is 17.8 Å². The molecule has 1 atom stereocenters. The van der Waals surface area contributed by atoms with E-state index in [2.05, 4.69) is 16.8 Å². The summed E-state index contributed by atoms with van der Waals surface area (Å²) in [5, 5.41) is 1.57. The summed E-state index contributed by atoms with van der Waals surface area (Å²) in [5.74, 6) is 0.0521.